The van der Waals surface area contributed by atoms with Gasteiger partial charge in [-0.2, -0.15) is 17.7 Å². The van der Waals surface area contributed by atoms with Crippen molar-refractivity contribution >= 4 is 40.4 Å². The number of aryl methyl sites for hydroxylation is 1. The molecule has 8 heteroatoms. The minimum atomic E-state index is -0.744. The number of carbonyl (C=O) groups is 2. The summed E-state index contributed by atoms with van der Waals surface area (Å²) in [6.07, 6.45) is 0. The molecule has 0 aliphatic rings. The molecule has 0 fully saturated rings. The number of nitrogens with one attached hydrogen (secondary N) is 1. The van der Waals surface area contributed by atoms with Crippen molar-refractivity contribution in [3.8, 4) is 0 Å². The Kier molecular flexibility index (Phi) is 6.54. The number of halogens is 1. The lowest BCUT2D eigenvalue weighted by atomic mass is 10.3. The lowest BCUT2D eigenvalue weighted by Gasteiger charge is -2.15. The number of ether oxygens (including phenoxy) is 1. The third-order valence-electron chi connectivity index (χ3n) is 2.68. The Labute approximate surface area is 131 Å². The molecule has 0 unspecified atom stereocenters. The first-order chi connectivity index (χ1) is 9.40. The summed E-state index contributed by atoms with van der Waals surface area (Å²) in [5, 5.41) is 6.83. The molecule has 6 nitrogen and oxygen atoms in total. The predicted molar refractivity (Wildman–Crippen MR) is 81.8 cm³/mol. The van der Waals surface area contributed by atoms with Crippen LogP contribution in [0, 0.1) is 13.8 Å². The quantitative estimate of drug-likeness (QED) is 0.589. The minimum absolute atomic E-state index is 0.0436. The molecule has 0 saturated carbocycles. The summed E-state index contributed by atoms with van der Waals surface area (Å²) in [5.41, 5.74) is 1.67. The molecule has 0 radical (unpaired) electrons. The van der Waals surface area contributed by atoms with Gasteiger partial charge in [-0.25, -0.2) is 4.79 Å². The molecule has 1 aromatic heterocycles. The summed E-state index contributed by atoms with van der Waals surface area (Å²) in [4.78, 5) is 23.5. The van der Waals surface area contributed by atoms with E-state index in [9.17, 15) is 9.59 Å². The minimum Gasteiger partial charge on any atom is -0.464 e. The summed E-state index contributed by atoms with van der Waals surface area (Å²) >= 11 is 7.44. The molecule has 1 aromatic rings. The average Bonchev–Trinajstić information content (AvgIpc) is 2.63. The standard InChI is InChI=1S/C12H18BrN3O3S/c1-4-19-12(18)9(6-20)14-10(17)5-16-8(3)11(13)7(2)15-16/h9,20H,4-6H2,1-3H3,(H,14,17)/t9-/m0/s1. The van der Waals surface area contributed by atoms with Gasteiger partial charge in [-0.15, -0.1) is 0 Å². The Morgan fingerprint density at radius 1 is 1.50 bits per heavy atom. The van der Waals surface area contributed by atoms with Gasteiger partial charge >= 0.3 is 5.97 Å². The molecule has 0 spiro atoms. The molecular weight excluding hydrogens is 346 g/mol. The van der Waals surface area contributed by atoms with Crippen LogP contribution in [0.3, 0.4) is 0 Å². The van der Waals surface area contributed by atoms with Crippen LogP contribution in [0.2, 0.25) is 0 Å². The maximum Gasteiger partial charge on any atom is 0.329 e. The zero-order valence-electron chi connectivity index (χ0n) is 11.6. The first-order valence-corrected chi connectivity index (χ1v) is 7.59. The molecule has 0 aliphatic heterocycles. The smallest absolute Gasteiger partial charge is 0.329 e. The van der Waals surface area contributed by atoms with Crippen LogP contribution in [0.15, 0.2) is 4.47 Å². The SMILES string of the molecule is CCOC(=O)[C@H](CS)NC(=O)Cn1nc(C)c(Br)c1C. The van der Waals surface area contributed by atoms with E-state index in [1.54, 1.807) is 11.6 Å². The number of nitrogens with zero attached hydrogens (tertiary/aromatic N) is 2. The van der Waals surface area contributed by atoms with Gasteiger partial charge in [0.2, 0.25) is 5.91 Å². The Hall–Kier alpha value is -1.02. The van der Waals surface area contributed by atoms with Gasteiger partial charge in [0.25, 0.3) is 0 Å². The molecule has 0 bridgehead atoms. The van der Waals surface area contributed by atoms with E-state index < -0.39 is 12.0 Å². The molecule has 1 rings (SSSR count). The van der Waals surface area contributed by atoms with Gasteiger partial charge in [-0.05, 0) is 36.7 Å². The third-order valence-corrected chi connectivity index (χ3v) is 4.19. The van der Waals surface area contributed by atoms with Crippen molar-refractivity contribution in [3.63, 3.8) is 0 Å². The zero-order valence-corrected chi connectivity index (χ0v) is 14.1. The van der Waals surface area contributed by atoms with Crippen LogP contribution in [-0.4, -0.2) is 40.1 Å². The topological polar surface area (TPSA) is 73.2 Å². The highest BCUT2D eigenvalue weighted by molar-refractivity contribution is 9.10. The van der Waals surface area contributed by atoms with Crippen LogP contribution in [0.5, 0.6) is 0 Å². The largest absolute Gasteiger partial charge is 0.464 e. The molecule has 1 N–H and O–H groups in total. The van der Waals surface area contributed by atoms with Gasteiger partial charge in [0, 0.05) is 5.75 Å². The maximum absolute atomic E-state index is 11.9. The van der Waals surface area contributed by atoms with E-state index in [0.29, 0.717) is 0 Å². The number of amides is 1. The fourth-order valence-electron chi connectivity index (χ4n) is 1.63. The van der Waals surface area contributed by atoms with Gasteiger partial charge in [0.15, 0.2) is 0 Å². The molecule has 0 aliphatic carbocycles. The second-order valence-electron chi connectivity index (χ2n) is 4.20. The van der Waals surface area contributed by atoms with Crippen molar-refractivity contribution in [3.05, 3.63) is 15.9 Å². The highest BCUT2D eigenvalue weighted by Gasteiger charge is 2.21. The summed E-state index contributed by atoms with van der Waals surface area (Å²) in [6.45, 7) is 5.73. The monoisotopic (exact) mass is 363 g/mol. The number of rotatable bonds is 6. The lowest BCUT2D eigenvalue weighted by molar-refractivity contribution is -0.146. The van der Waals surface area contributed by atoms with E-state index in [-0.39, 0.29) is 24.8 Å². The second kappa shape index (κ2) is 7.68. The van der Waals surface area contributed by atoms with Crippen molar-refractivity contribution in [2.75, 3.05) is 12.4 Å². The summed E-state index contributed by atoms with van der Waals surface area (Å²) in [5.74, 6) is -0.605. The highest BCUT2D eigenvalue weighted by Crippen LogP contribution is 2.19. The van der Waals surface area contributed by atoms with Crippen LogP contribution >= 0.6 is 28.6 Å². The molecule has 1 heterocycles. The summed E-state index contributed by atoms with van der Waals surface area (Å²) < 4.78 is 7.32. The van der Waals surface area contributed by atoms with Gasteiger partial charge in [-0.3, -0.25) is 9.48 Å². The van der Waals surface area contributed by atoms with Crippen molar-refractivity contribution in [2.45, 2.75) is 33.4 Å². The van der Waals surface area contributed by atoms with Gasteiger partial charge in [0.1, 0.15) is 12.6 Å². The first kappa shape index (κ1) is 17.0. The van der Waals surface area contributed by atoms with Gasteiger partial charge < -0.3 is 10.1 Å². The van der Waals surface area contributed by atoms with E-state index in [1.165, 1.54) is 0 Å². The fraction of sp³-hybridized carbons (Fsp3) is 0.583. The van der Waals surface area contributed by atoms with Gasteiger partial charge in [0.05, 0.1) is 22.5 Å². The van der Waals surface area contributed by atoms with Crippen LogP contribution < -0.4 is 5.32 Å². The summed E-state index contributed by atoms with van der Waals surface area (Å²) in [7, 11) is 0. The van der Waals surface area contributed by atoms with Crippen LogP contribution in [0.25, 0.3) is 0 Å². The molecule has 20 heavy (non-hydrogen) atoms. The van der Waals surface area contributed by atoms with Crippen molar-refractivity contribution < 1.29 is 14.3 Å². The van der Waals surface area contributed by atoms with E-state index in [4.69, 9.17) is 4.74 Å². The number of hydrogen-bond donors (Lipinski definition) is 2. The number of aromatic nitrogens is 2. The number of thiol groups is 1. The zero-order chi connectivity index (χ0) is 15.3. The first-order valence-electron chi connectivity index (χ1n) is 6.17. The van der Waals surface area contributed by atoms with E-state index in [0.717, 1.165) is 15.9 Å². The molecule has 0 saturated heterocycles. The highest BCUT2D eigenvalue weighted by atomic mass is 79.9. The number of carbonyl (C=O) groups excluding carboxylic acids is 2. The molecule has 1 amide bonds. The van der Waals surface area contributed by atoms with Crippen LogP contribution in [-0.2, 0) is 20.9 Å². The Morgan fingerprint density at radius 2 is 2.15 bits per heavy atom. The Balaban J connectivity index is 2.66. The fourth-order valence-corrected chi connectivity index (χ4v) is 2.15. The van der Waals surface area contributed by atoms with E-state index >= 15 is 0 Å². The molecule has 112 valence electrons. The molecule has 0 aromatic carbocycles. The van der Waals surface area contributed by atoms with E-state index in [1.807, 2.05) is 13.8 Å². The molecule has 1 atom stereocenters. The van der Waals surface area contributed by atoms with Crippen molar-refractivity contribution in [1.82, 2.24) is 15.1 Å². The lowest BCUT2D eigenvalue weighted by Crippen LogP contribution is -2.44. The normalized spacial score (nSPS) is 12.1. The average molecular weight is 364 g/mol. The second-order valence-corrected chi connectivity index (χ2v) is 5.36. The maximum atomic E-state index is 11.9. The number of hydrogen-bond acceptors (Lipinski definition) is 5. The molecular formula is C12H18BrN3O3S. The third kappa shape index (κ3) is 4.24. The van der Waals surface area contributed by atoms with Crippen LogP contribution in [0.4, 0.5) is 0 Å². The summed E-state index contributed by atoms with van der Waals surface area (Å²) in [6, 6.07) is -0.744. The van der Waals surface area contributed by atoms with Crippen molar-refractivity contribution in [1.29, 1.82) is 0 Å². The van der Waals surface area contributed by atoms with Crippen molar-refractivity contribution in [2.24, 2.45) is 0 Å². The van der Waals surface area contributed by atoms with E-state index in [2.05, 4.69) is 39.0 Å². The van der Waals surface area contributed by atoms with Crippen LogP contribution in [0.1, 0.15) is 18.3 Å². The van der Waals surface area contributed by atoms with Gasteiger partial charge in [-0.1, -0.05) is 0 Å². The Bertz CT molecular complexity index is 504. The number of esters is 1. The predicted octanol–water partition coefficient (Wildman–Crippen LogP) is 1.24. The Morgan fingerprint density at radius 3 is 2.60 bits per heavy atom.